The predicted octanol–water partition coefficient (Wildman–Crippen LogP) is 4.25. The van der Waals surface area contributed by atoms with Gasteiger partial charge in [0.05, 0.1) is 20.3 Å². The van der Waals surface area contributed by atoms with Crippen molar-refractivity contribution in [3.05, 3.63) is 47.5 Å². The van der Waals surface area contributed by atoms with E-state index in [1.807, 2.05) is 38.1 Å². The Bertz CT molecular complexity index is 793. The quantitative estimate of drug-likeness (QED) is 0.749. The fourth-order valence-corrected chi connectivity index (χ4v) is 3.42. The van der Waals surface area contributed by atoms with Gasteiger partial charge in [0.1, 0.15) is 5.75 Å². The highest BCUT2D eigenvalue weighted by Gasteiger charge is 2.21. The van der Waals surface area contributed by atoms with Gasteiger partial charge in [-0.25, -0.2) is 0 Å². The average Bonchev–Trinajstić information content (AvgIpc) is 2.69. The molecule has 0 bridgehead atoms. The molecule has 0 saturated carbocycles. The molecule has 0 saturated heterocycles. The largest absolute Gasteiger partial charge is 0.497 e. The second kappa shape index (κ2) is 8.95. The maximum absolute atomic E-state index is 5.76. The Kier molecular flexibility index (Phi) is 6.40. The number of nitrogens with zero attached hydrogens (tertiary/aromatic N) is 1. The van der Waals surface area contributed by atoms with E-state index in [1.165, 1.54) is 11.1 Å². The maximum Gasteiger partial charge on any atom is 0.173 e. The molecule has 0 aliphatic carbocycles. The molecule has 0 radical (unpaired) electrons. The Morgan fingerprint density at radius 2 is 1.67 bits per heavy atom. The summed E-state index contributed by atoms with van der Waals surface area (Å²) in [5.74, 6) is 2.45. The summed E-state index contributed by atoms with van der Waals surface area (Å²) < 4.78 is 16.7. The lowest BCUT2D eigenvalue weighted by Gasteiger charge is -2.32. The van der Waals surface area contributed by atoms with E-state index in [-0.39, 0.29) is 0 Å². The number of hydrogen-bond donors (Lipinski definition) is 1. The lowest BCUT2D eigenvalue weighted by Crippen LogP contribution is -2.38. The standard InChI is InChI=1S/C21H26N2O3S/c1-4-25-19-12-15-10-11-23(14-16(15)13-20(19)26-5-2)21(27)22-17-6-8-18(24-3)9-7-17/h6-9,12-13H,4-5,10-11,14H2,1-3H3,(H,22,27). The lowest BCUT2D eigenvalue weighted by molar-refractivity contribution is 0.285. The van der Waals surface area contributed by atoms with Crippen LogP contribution in [0.15, 0.2) is 36.4 Å². The predicted molar refractivity (Wildman–Crippen MR) is 112 cm³/mol. The number of thiocarbonyl (C=S) groups is 1. The van der Waals surface area contributed by atoms with Crippen molar-refractivity contribution in [3.8, 4) is 17.2 Å². The molecule has 2 aromatic carbocycles. The summed E-state index contributed by atoms with van der Waals surface area (Å²) in [6, 6.07) is 12.0. The summed E-state index contributed by atoms with van der Waals surface area (Å²) >= 11 is 5.63. The van der Waals surface area contributed by atoms with Crippen LogP contribution in [0, 0.1) is 0 Å². The van der Waals surface area contributed by atoms with Crippen LogP contribution in [0.1, 0.15) is 25.0 Å². The van der Waals surface area contributed by atoms with Crippen molar-refractivity contribution in [2.75, 3.05) is 32.2 Å². The van der Waals surface area contributed by atoms with E-state index in [0.29, 0.717) is 13.2 Å². The molecule has 2 aromatic rings. The molecular formula is C21H26N2O3S. The molecule has 5 nitrogen and oxygen atoms in total. The highest BCUT2D eigenvalue weighted by Crippen LogP contribution is 2.34. The molecule has 27 heavy (non-hydrogen) atoms. The first kappa shape index (κ1) is 19.3. The zero-order valence-electron chi connectivity index (χ0n) is 16.1. The van der Waals surface area contributed by atoms with Crippen LogP contribution in [0.5, 0.6) is 17.2 Å². The van der Waals surface area contributed by atoms with Crippen molar-refractivity contribution in [3.63, 3.8) is 0 Å². The Labute approximate surface area is 166 Å². The van der Waals surface area contributed by atoms with Crippen LogP contribution in [0.2, 0.25) is 0 Å². The van der Waals surface area contributed by atoms with Gasteiger partial charge in [0, 0.05) is 18.8 Å². The summed E-state index contributed by atoms with van der Waals surface area (Å²) in [6.45, 7) is 6.83. The summed E-state index contributed by atoms with van der Waals surface area (Å²) in [6.07, 6.45) is 0.923. The molecule has 0 atom stereocenters. The molecule has 1 aliphatic rings. The van der Waals surface area contributed by atoms with Gasteiger partial charge in [0.25, 0.3) is 0 Å². The number of methoxy groups -OCH3 is 1. The molecule has 3 rings (SSSR count). The molecule has 0 unspecified atom stereocenters. The first-order valence-corrected chi connectivity index (χ1v) is 9.66. The number of fused-ring (bicyclic) bond motifs is 1. The van der Waals surface area contributed by atoms with Crippen LogP contribution in [0.25, 0.3) is 0 Å². The van der Waals surface area contributed by atoms with E-state index < -0.39 is 0 Å². The Morgan fingerprint density at radius 3 is 2.26 bits per heavy atom. The molecule has 1 N–H and O–H groups in total. The minimum absolute atomic E-state index is 0.611. The fourth-order valence-electron chi connectivity index (χ4n) is 3.15. The summed E-state index contributed by atoms with van der Waals surface area (Å²) in [7, 11) is 1.66. The third kappa shape index (κ3) is 4.63. The SMILES string of the molecule is CCOc1cc2c(cc1OCC)CN(C(=S)Nc1ccc(OC)cc1)CC2. The average molecular weight is 387 g/mol. The van der Waals surface area contributed by atoms with Gasteiger partial charge in [0.2, 0.25) is 0 Å². The zero-order chi connectivity index (χ0) is 19.2. The fraction of sp³-hybridized carbons (Fsp3) is 0.381. The van der Waals surface area contributed by atoms with E-state index in [0.717, 1.165) is 47.6 Å². The second-order valence-electron chi connectivity index (χ2n) is 6.26. The van der Waals surface area contributed by atoms with E-state index in [1.54, 1.807) is 7.11 Å². The van der Waals surface area contributed by atoms with E-state index >= 15 is 0 Å². The molecule has 0 aromatic heterocycles. The number of hydrogen-bond acceptors (Lipinski definition) is 4. The summed E-state index contributed by atoms with van der Waals surface area (Å²) in [4.78, 5) is 2.18. The van der Waals surface area contributed by atoms with Crippen LogP contribution in [0.3, 0.4) is 0 Å². The highest BCUT2D eigenvalue weighted by molar-refractivity contribution is 7.80. The monoisotopic (exact) mass is 386 g/mol. The van der Waals surface area contributed by atoms with Crippen LogP contribution in [0.4, 0.5) is 5.69 Å². The Balaban J connectivity index is 1.72. The van der Waals surface area contributed by atoms with Gasteiger partial charge >= 0.3 is 0 Å². The molecule has 1 aliphatic heterocycles. The van der Waals surface area contributed by atoms with Crippen molar-refractivity contribution in [2.24, 2.45) is 0 Å². The maximum atomic E-state index is 5.76. The smallest absolute Gasteiger partial charge is 0.173 e. The van der Waals surface area contributed by atoms with E-state index in [9.17, 15) is 0 Å². The molecule has 6 heteroatoms. The molecule has 0 fully saturated rings. The molecule has 1 heterocycles. The van der Waals surface area contributed by atoms with Crippen LogP contribution in [-0.2, 0) is 13.0 Å². The third-order valence-electron chi connectivity index (χ3n) is 4.51. The minimum atomic E-state index is 0.611. The van der Waals surface area contributed by atoms with Gasteiger partial charge in [-0.1, -0.05) is 0 Å². The van der Waals surface area contributed by atoms with Gasteiger partial charge in [-0.05, 0) is 80.0 Å². The van der Waals surface area contributed by atoms with Gasteiger partial charge in [-0.3, -0.25) is 0 Å². The van der Waals surface area contributed by atoms with E-state index in [2.05, 4.69) is 22.3 Å². The van der Waals surface area contributed by atoms with E-state index in [4.69, 9.17) is 26.4 Å². The highest BCUT2D eigenvalue weighted by atomic mass is 32.1. The first-order valence-electron chi connectivity index (χ1n) is 9.26. The molecule has 0 amide bonds. The third-order valence-corrected chi connectivity index (χ3v) is 4.87. The zero-order valence-corrected chi connectivity index (χ0v) is 16.9. The molecule has 0 spiro atoms. The van der Waals surface area contributed by atoms with Crippen LogP contribution < -0.4 is 19.5 Å². The number of benzene rings is 2. The normalized spacial score (nSPS) is 12.9. The lowest BCUT2D eigenvalue weighted by atomic mass is 9.99. The summed E-state index contributed by atoms with van der Waals surface area (Å²) in [5, 5.41) is 4.03. The summed E-state index contributed by atoms with van der Waals surface area (Å²) in [5.41, 5.74) is 3.48. The van der Waals surface area contributed by atoms with Crippen molar-refractivity contribution in [1.29, 1.82) is 0 Å². The Hall–Kier alpha value is -2.47. The number of rotatable bonds is 6. The number of nitrogens with one attached hydrogen (secondary N) is 1. The van der Waals surface area contributed by atoms with Gasteiger partial charge in [0.15, 0.2) is 16.6 Å². The topological polar surface area (TPSA) is 43.0 Å². The second-order valence-corrected chi connectivity index (χ2v) is 6.65. The van der Waals surface area contributed by atoms with Gasteiger partial charge in [-0.2, -0.15) is 0 Å². The Morgan fingerprint density at radius 1 is 1.04 bits per heavy atom. The first-order chi connectivity index (χ1) is 13.1. The van der Waals surface area contributed by atoms with Crippen molar-refractivity contribution in [1.82, 2.24) is 4.90 Å². The van der Waals surface area contributed by atoms with Crippen molar-refractivity contribution >= 4 is 23.0 Å². The number of ether oxygens (including phenoxy) is 3. The molecular weight excluding hydrogens is 360 g/mol. The minimum Gasteiger partial charge on any atom is -0.497 e. The van der Waals surface area contributed by atoms with Gasteiger partial charge in [-0.15, -0.1) is 0 Å². The van der Waals surface area contributed by atoms with Crippen LogP contribution >= 0.6 is 12.2 Å². The van der Waals surface area contributed by atoms with Crippen molar-refractivity contribution in [2.45, 2.75) is 26.8 Å². The number of anilines is 1. The van der Waals surface area contributed by atoms with Gasteiger partial charge < -0.3 is 24.4 Å². The molecule has 144 valence electrons. The van der Waals surface area contributed by atoms with Crippen LogP contribution in [-0.4, -0.2) is 36.9 Å². The van der Waals surface area contributed by atoms with Crippen molar-refractivity contribution < 1.29 is 14.2 Å².